The summed E-state index contributed by atoms with van der Waals surface area (Å²) in [5.74, 6) is 0.679. The number of hydrogen-bond acceptors (Lipinski definition) is 2. The van der Waals surface area contributed by atoms with E-state index in [1.54, 1.807) is 0 Å². The number of nitrogens with zero attached hydrogens (tertiary/aromatic N) is 1. The van der Waals surface area contributed by atoms with Gasteiger partial charge in [0.05, 0.1) is 6.61 Å². The SMILES string of the molecule is CC.CCOc1ccc(-c2ccc(C)cc2)cn1. The smallest absolute Gasteiger partial charge is 0.213 e. The molecule has 0 unspecified atom stereocenters. The average molecular weight is 243 g/mol. The topological polar surface area (TPSA) is 22.1 Å². The third-order valence-electron chi connectivity index (χ3n) is 2.41. The Morgan fingerprint density at radius 2 is 1.56 bits per heavy atom. The minimum Gasteiger partial charge on any atom is -0.478 e. The average Bonchev–Trinajstić information content (AvgIpc) is 2.43. The molecule has 96 valence electrons. The summed E-state index contributed by atoms with van der Waals surface area (Å²) in [7, 11) is 0. The molecule has 2 heteroatoms. The highest BCUT2D eigenvalue weighted by Crippen LogP contribution is 2.20. The van der Waals surface area contributed by atoms with Crippen LogP contribution in [0.5, 0.6) is 5.88 Å². The van der Waals surface area contributed by atoms with Gasteiger partial charge in [0.15, 0.2) is 0 Å². The standard InChI is InChI=1S/C14H15NO.C2H6/c1-3-16-14-9-8-13(10-15-14)12-6-4-11(2)5-7-12;1-2/h4-10H,3H2,1-2H3;1-2H3. The van der Waals surface area contributed by atoms with Gasteiger partial charge in [-0.2, -0.15) is 0 Å². The van der Waals surface area contributed by atoms with Crippen LogP contribution in [-0.2, 0) is 0 Å². The van der Waals surface area contributed by atoms with Crippen molar-refractivity contribution in [2.75, 3.05) is 6.61 Å². The van der Waals surface area contributed by atoms with Gasteiger partial charge in [-0.05, 0) is 25.5 Å². The second-order valence-electron chi connectivity index (χ2n) is 3.68. The maximum Gasteiger partial charge on any atom is 0.213 e. The summed E-state index contributed by atoms with van der Waals surface area (Å²) in [6.45, 7) is 8.69. The van der Waals surface area contributed by atoms with Crippen molar-refractivity contribution in [2.45, 2.75) is 27.7 Å². The van der Waals surface area contributed by atoms with E-state index in [0.717, 1.165) is 5.56 Å². The lowest BCUT2D eigenvalue weighted by Gasteiger charge is -2.04. The molecule has 0 radical (unpaired) electrons. The molecule has 0 fully saturated rings. The third kappa shape index (κ3) is 3.88. The monoisotopic (exact) mass is 243 g/mol. The molecule has 2 aromatic rings. The second kappa shape index (κ2) is 7.49. The summed E-state index contributed by atoms with van der Waals surface area (Å²) >= 11 is 0. The van der Waals surface area contributed by atoms with E-state index in [0.29, 0.717) is 12.5 Å². The highest BCUT2D eigenvalue weighted by atomic mass is 16.5. The van der Waals surface area contributed by atoms with Crippen molar-refractivity contribution < 1.29 is 4.74 Å². The predicted octanol–water partition coefficient (Wildman–Crippen LogP) is 4.48. The number of aryl methyl sites for hydroxylation is 1. The van der Waals surface area contributed by atoms with Crippen molar-refractivity contribution in [1.82, 2.24) is 4.98 Å². The molecule has 2 nitrogen and oxygen atoms in total. The Morgan fingerprint density at radius 3 is 2.06 bits per heavy atom. The van der Waals surface area contributed by atoms with E-state index in [9.17, 15) is 0 Å². The van der Waals surface area contributed by atoms with Crippen LogP contribution in [-0.4, -0.2) is 11.6 Å². The van der Waals surface area contributed by atoms with Gasteiger partial charge in [-0.3, -0.25) is 0 Å². The number of hydrogen-bond donors (Lipinski definition) is 0. The Labute approximate surface area is 110 Å². The zero-order valence-corrected chi connectivity index (χ0v) is 11.6. The molecule has 0 spiro atoms. The lowest BCUT2D eigenvalue weighted by molar-refractivity contribution is 0.327. The Hall–Kier alpha value is -1.83. The summed E-state index contributed by atoms with van der Waals surface area (Å²) in [6.07, 6.45) is 1.84. The summed E-state index contributed by atoms with van der Waals surface area (Å²) in [4.78, 5) is 4.25. The first-order chi connectivity index (χ1) is 8.79. The van der Waals surface area contributed by atoms with E-state index < -0.39 is 0 Å². The molecule has 0 saturated carbocycles. The zero-order valence-electron chi connectivity index (χ0n) is 11.6. The molecular weight excluding hydrogens is 222 g/mol. The van der Waals surface area contributed by atoms with Crippen molar-refractivity contribution in [3.8, 4) is 17.0 Å². The van der Waals surface area contributed by atoms with Crippen molar-refractivity contribution in [1.29, 1.82) is 0 Å². The first kappa shape index (κ1) is 14.2. The summed E-state index contributed by atoms with van der Waals surface area (Å²) in [5.41, 5.74) is 3.56. The Morgan fingerprint density at radius 1 is 0.944 bits per heavy atom. The summed E-state index contributed by atoms with van der Waals surface area (Å²) in [6, 6.07) is 12.3. The quantitative estimate of drug-likeness (QED) is 0.792. The Balaban J connectivity index is 0.000000771. The van der Waals surface area contributed by atoms with Gasteiger partial charge in [0, 0.05) is 17.8 Å². The van der Waals surface area contributed by atoms with Crippen molar-refractivity contribution >= 4 is 0 Å². The lowest BCUT2D eigenvalue weighted by Crippen LogP contribution is -1.93. The molecule has 0 aliphatic carbocycles. The van der Waals surface area contributed by atoms with Crippen LogP contribution in [0.1, 0.15) is 26.3 Å². The fourth-order valence-corrected chi connectivity index (χ4v) is 1.53. The molecule has 18 heavy (non-hydrogen) atoms. The molecule has 0 aliphatic rings. The van der Waals surface area contributed by atoms with Gasteiger partial charge in [-0.15, -0.1) is 0 Å². The number of rotatable bonds is 3. The van der Waals surface area contributed by atoms with E-state index in [-0.39, 0.29) is 0 Å². The number of aromatic nitrogens is 1. The molecule has 0 bridgehead atoms. The zero-order chi connectivity index (χ0) is 13.4. The van der Waals surface area contributed by atoms with Gasteiger partial charge in [-0.1, -0.05) is 43.7 Å². The van der Waals surface area contributed by atoms with Crippen LogP contribution in [0.25, 0.3) is 11.1 Å². The molecule has 1 aromatic carbocycles. The predicted molar refractivity (Wildman–Crippen MR) is 76.9 cm³/mol. The van der Waals surface area contributed by atoms with Crippen LogP contribution in [0.3, 0.4) is 0 Å². The van der Waals surface area contributed by atoms with Gasteiger partial charge >= 0.3 is 0 Å². The van der Waals surface area contributed by atoms with Crippen LogP contribution in [0, 0.1) is 6.92 Å². The van der Waals surface area contributed by atoms with Crippen molar-refractivity contribution in [3.63, 3.8) is 0 Å². The van der Waals surface area contributed by atoms with E-state index in [1.165, 1.54) is 11.1 Å². The van der Waals surface area contributed by atoms with Gasteiger partial charge in [0.2, 0.25) is 5.88 Å². The Bertz CT molecular complexity index is 446. The minimum atomic E-state index is 0.650. The van der Waals surface area contributed by atoms with Gasteiger partial charge in [0.1, 0.15) is 0 Å². The van der Waals surface area contributed by atoms with Crippen LogP contribution in [0.4, 0.5) is 0 Å². The largest absolute Gasteiger partial charge is 0.478 e. The minimum absolute atomic E-state index is 0.650. The molecule has 1 aromatic heterocycles. The van der Waals surface area contributed by atoms with E-state index in [2.05, 4.69) is 36.2 Å². The van der Waals surface area contributed by atoms with Crippen molar-refractivity contribution in [3.05, 3.63) is 48.2 Å². The molecule has 0 atom stereocenters. The molecule has 0 amide bonds. The maximum atomic E-state index is 5.30. The van der Waals surface area contributed by atoms with Gasteiger partial charge < -0.3 is 4.74 Å². The lowest BCUT2D eigenvalue weighted by atomic mass is 10.1. The number of benzene rings is 1. The summed E-state index contributed by atoms with van der Waals surface area (Å²) in [5, 5.41) is 0. The molecule has 2 rings (SSSR count). The Kier molecular flexibility index (Phi) is 5.92. The first-order valence-electron chi connectivity index (χ1n) is 6.45. The van der Waals surface area contributed by atoms with E-state index in [4.69, 9.17) is 4.74 Å². The van der Waals surface area contributed by atoms with Crippen LogP contribution in [0.15, 0.2) is 42.6 Å². The number of pyridine rings is 1. The maximum absolute atomic E-state index is 5.30. The summed E-state index contributed by atoms with van der Waals surface area (Å²) < 4.78 is 5.30. The van der Waals surface area contributed by atoms with E-state index >= 15 is 0 Å². The third-order valence-corrected chi connectivity index (χ3v) is 2.41. The fraction of sp³-hybridized carbons (Fsp3) is 0.312. The first-order valence-corrected chi connectivity index (χ1v) is 6.45. The highest BCUT2D eigenvalue weighted by Gasteiger charge is 1.98. The van der Waals surface area contributed by atoms with Crippen LogP contribution in [0.2, 0.25) is 0 Å². The van der Waals surface area contributed by atoms with Gasteiger partial charge in [-0.25, -0.2) is 4.98 Å². The number of ether oxygens (including phenoxy) is 1. The fourth-order valence-electron chi connectivity index (χ4n) is 1.53. The van der Waals surface area contributed by atoms with Gasteiger partial charge in [0.25, 0.3) is 0 Å². The normalized spacial score (nSPS) is 9.33. The van der Waals surface area contributed by atoms with E-state index in [1.807, 2.05) is 39.1 Å². The molecule has 0 aliphatic heterocycles. The highest BCUT2D eigenvalue weighted by molar-refractivity contribution is 5.62. The molecule has 0 saturated heterocycles. The molecule has 1 heterocycles. The van der Waals surface area contributed by atoms with Crippen molar-refractivity contribution in [2.24, 2.45) is 0 Å². The van der Waals surface area contributed by atoms with Crippen LogP contribution < -0.4 is 4.74 Å². The second-order valence-corrected chi connectivity index (χ2v) is 3.68. The van der Waals surface area contributed by atoms with Crippen LogP contribution >= 0.6 is 0 Å². The molecular formula is C16H21NO. The molecule has 0 N–H and O–H groups in total.